The third-order valence-corrected chi connectivity index (χ3v) is 2.66. The number of aliphatic carboxylic acids is 1. The molecule has 0 radical (unpaired) electrons. The zero-order valence-electron chi connectivity index (χ0n) is 12.0. The highest BCUT2D eigenvalue weighted by Gasteiger charge is 2.21. The van der Waals surface area contributed by atoms with Crippen molar-refractivity contribution in [3.63, 3.8) is 0 Å². The van der Waals surface area contributed by atoms with Crippen LogP contribution >= 0.6 is 0 Å². The molecule has 0 fully saturated rings. The number of hydrogen-bond acceptors (Lipinski definition) is 4. The Hall–Kier alpha value is -2.11. The molecule has 0 aliphatic carbocycles. The van der Waals surface area contributed by atoms with Crippen LogP contribution in [0.25, 0.3) is 0 Å². The lowest BCUT2D eigenvalue weighted by Gasteiger charge is -2.24. The molecule has 1 amide bonds. The number of ether oxygens (including phenoxy) is 1. The number of nitrogens with zero attached hydrogens (tertiary/aromatic N) is 2. The maximum Gasteiger partial charge on any atom is 0.305 e. The predicted molar refractivity (Wildman–Crippen MR) is 73.8 cm³/mol. The Morgan fingerprint density at radius 1 is 1.45 bits per heavy atom. The van der Waals surface area contributed by atoms with E-state index < -0.39 is 5.97 Å². The summed E-state index contributed by atoms with van der Waals surface area (Å²) in [6, 6.07) is 3.28. The van der Waals surface area contributed by atoms with Crippen molar-refractivity contribution in [3.05, 3.63) is 23.9 Å². The molecule has 1 N–H and O–H groups in total. The zero-order chi connectivity index (χ0) is 15.1. The number of carboxylic acids is 1. The first-order valence-electron chi connectivity index (χ1n) is 6.45. The number of pyridine rings is 1. The van der Waals surface area contributed by atoms with Gasteiger partial charge < -0.3 is 14.7 Å². The highest BCUT2D eigenvalue weighted by Crippen LogP contribution is 2.17. The van der Waals surface area contributed by atoms with Crippen LogP contribution in [-0.4, -0.2) is 47.1 Å². The Morgan fingerprint density at radius 3 is 2.70 bits per heavy atom. The van der Waals surface area contributed by atoms with Gasteiger partial charge in [-0.25, -0.2) is 4.98 Å². The fourth-order valence-electron chi connectivity index (χ4n) is 1.83. The van der Waals surface area contributed by atoms with Crippen LogP contribution in [0.1, 0.15) is 30.6 Å². The molecule has 1 heterocycles. The van der Waals surface area contributed by atoms with Gasteiger partial charge in [0.25, 0.3) is 5.91 Å². The lowest BCUT2D eigenvalue weighted by Crippen LogP contribution is -2.36. The van der Waals surface area contributed by atoms with Crippen molar-refractivity contribution in [2.24, 2.45) is 5.92 Å². The van der Waals surface area contributed by atoms with Crippen LogP contribution in [-0.2, 0) is 4.79 Å². The van der Waals surface area contributed by atoms with Crippen LogP contribution in [0.15, 0.2) is 18.3 Å². The summed E-state index contributed by atoms with van der Waals surface area (Å²) in [4.78, 5) is 28.7. The molecule has 1 rings (SSSR count). The Morgan fingerprint density at radius 2 is 2.15 bits per heavy atom. The Balaban J connectivity index is 2.93. The average molecular weight is 280 g/mol. The summed E-state index contributed by atoms with van der Waals surface area (Å²) in [5.41, 5.74) is 0.348. The number of amides is 1. The van der Waals surface area contributed by atoms with Crippen LogP contribution in [0.3, 0.4) is 0 Å². The minimum Gasteiger partial charge on any atom is -0.481 e. The zero-order valence-corrected chi connectivity index (χ0v) is 12.0. The van der Waals surface area contributed by atoms with E-state index in [9.17, 15) is 9.59 Å². The Labute approximate surface area is 118 Å². The van der Waals surface area contributed by atoms with E-state index in [1.54, 1.807) is 18.3 Å². The summed E-state index contributed by atoms with van der Waals surface area (Å²) in [7, 11) is 1.45. The first kappa shape index (κ1) is 15.9. The van der Waals surface area contributed by atoms with Gasteiger partial charge in [0.05, 0.1) is 13.5 Å². The summed E-state index contributed by atoms with van der Waals surface area (Å²) in [6.07, 6.45) is 1.46. The van der Waals surface area contributed by atoms with Crippen molar-refractivity contribution in [3.8, 4) is 5.88 Å². The summed E-state index contributed by atoms with van der Waals surface area (Å²) in [6.45, 7) is 4.61. The second-order valence-corrected chi connectivity index (χ2v) is 4.85. The van der Waals surface area contributed by atoms with Crippen LogP contribution in [0, 0.1) is 5.92 Å². The summed E-state index contributed by atoms with van der Waals surface area (Å²) < 4.78 is 5.07. The molecule has 0 saturated carbocycles. The van der Waals surface area contributed by atoms with Crippen LogP contribution in [0.5, 0.6) is 5.88 Å². The molecule has 6 heteroatoms. The van der Waals surface area contributed by atoms with E-state index in [0.29, 0.717) is 12.1 Å². The number of aromatic nitrogens is 1. The highest BCUT2D eigenvalue weighted by atomic mass is 16.5. The number of hydrogen-bond donors (Lipinski definition) is 1. The summed E-state index contributed by atoms with van der Waals surface area (Å²) >= 11 is 0. The van der Waals surface area contributed by atoms with Gasteiger partial charge in [0, 0.05) is 19.3 Å². The van der Waals surface area contributed by atoms with E-state index in [-0.39, 0.29) is 30.7 Å². The normalized spacial score (nSPS) is 10.4. The van der Waals surface area contributed by atoms with E-state index >= 15 is 0 Å². The number of carbonyl (C=O) groups excluding carboxylic acids is 1. The molecule has 1 aromatic heterocycles. The van der Waals surface area contributed by atoms with Crippen molar-refractivity contribution in [2.45, 2.75) is 20.3 Å². The third kappa shape index (κ3) is 4.53. The minimum absolute atomic E-state index is 0.0823. The van der Waals surface area contributed by atoms with E-state index in [2.05, 4.69) is 4.98 Å². The molecule has 6 nitrogen and oxygen atoms in total. The topological polar surface area (TPSA) is 79.7 Å². The number of rotatable bonds is 7. The van der Waals surface area contributed by atoms with Gasteiger partial charge in [-0.05, 0) is 18.1 Å². The first-order valence-corrected chi connectivity index (χ1v) is 6.45. The smallest absolute Gasteiger partial charge is 0.305 e. The number of methoxy groups -OCH3 is 1. The largest absolute Gasteiger partial charge is 0.481 e. The highest BCUT2D eigenvalue weighted by molar-refractivity contribution is 5.96. The van der Waals surface area contributed by atoms with Crippen LogP contribution in [0.2, 0.25) is 0 Å². The molecule has 0 bridgehead atoms. The lowest BCUT2D eigenvalue weighted by atomic mass is 10.1. The van der Waals surface area contributed by atoms with Gasteiger partial charge in [-0.15, -0.1) is 0 Å². The summed E-state index contributed by atoms with van der Waals surface area (Å²) in [5.74, 6) is -0.688. The van der Waals surface area contributed by atoms with E-state index in [4.69, 9.17) is 9.84 Å². The molecule has 1 aromatic rings. The molecule has 0 aromatic carbocycles. The second-order valence-electron chi connectivity index (χ2n) is 4.85. The van der Waals surface area contributed by atoms with Gasteiger partial charge in [0.1, 0.15) is 5.56 Å². The number of carbonyl (C=O) groups is 2. The van der Waals surface area contributed by atoms with Crippen molar-refractivity contribution in [1.82, 2.24) is 9.88 Å². The van der Waals surface area contributed by atoms with E-state index in [1.807, 2.05) is 13.8 Å². The van der Waals surface area contributed by atoms with Crippen molar-refractivity contribution >= 4 is 11.9 Å². The molecule has 0 saturated heterocycles. The quantitative estimate of drug-likeness (QED) is 0.821. The standard InChI is InChI=1S/C14H20N2O4/c1-10(2)9-16(8-6-12(17)18)14(19)11-5-4-7-15-13(11)20-3/h4-5,7,10H,6,8-9H2,1-3H3,(H,17,18). The first-order chi connectivity index (χ1) is 9.45. The van der Waals surface area contributed by atoms with Gasteiger partial charge >= 0.3 is 5.97 Å². The molecule has 0 aliphatic rings. The Kier molecular flexibility index (Phi) is 5.96. The SMILES string of the molecule is COc1ncccc1C(=O)N(CCC(=O)O)CC(C)C. The second kappa shape index (κ2) is 7.47. The maximum absolute atomic E-state index is 12.5. The van der Waals surface area contributed by atoms with Gasteiger partial charge in [-0.3, -0.25) is 9.59 Å². The monoisotopic (exact) mass is 280 g/mol. The number of carboxylic acid groups (broad SMARTS) is 1. The molecule has 0 atom stereocenters. The van der Waals surface area contributed by atoms with E-state index in [1.165, 1.54) is 12.0 Å². The van der Waals surface area contributed by atoms with Crippen molar-refractivity contribution < 1.29 is 19.4 Å². The third-order valence-electron chi connectivity index (χ3n) is 2.66. The lowest BCUT2D eigenvalue weighted by molar-refractivity contribution is -0.137. The fraction of sp³-hybridized carbons (Fsp3) is 0.500. The molecular weight excluding hydrogens is 260 g/mol. The fourth-order valence-corrected chi connectivity index (χ4v) is 1.83. The van der Waals surface area contributed by atoms with Gasteiger partial charge in [-0.1, -0.05) is 13.8 Å². The predicted octanol–water partition coefficient (Wildman–Crippen LogP) is 1.66. The van der Waals surface area contributed by atoms with Crippen LogP contribution in [0.4, 0.5) is 0 Å². The molecule has 0 spiro atoms. The van der Waals surface area contributed by atoms with Gasteiger partial charge in [0.15, 0.2) is 0 Å². The van der Waals surface area contributed by atoms with E-state index in [0.717, 1.165) is 0 Å². The summed E-state index contributed by atoms with van der Waals surface area (Å²) in [5, 5.41) is 8.77. The Bertz CT molecular complexity index is 474. The van der Waals surface area contributed by atoms with Gasteiger partial charge in [-0.2, -0.15) is 0 Å². The van der Waals surface area contributed by atoms with Crippen molar-refractivity contribution in [2.75, 3.05) is 20.2 Å². The molecular formula is C14H20N2O4. The molecule has 110 valence electrons. The van der Waals surface area contributed by atoms with Crippen molar-refractivity contribution in [1.29, 1.82) is 0 Å². The van der Waals surface area contributed by atoms with Gasteiger partial charge in [0.2, 0.25) is 5.88 Å². The average Bonchev–Trinajstić information content (AvgIpc) is 2.42. The van der Waals surface area contributed by atoms with Crippen LogP contribution < -0.4 is 4.74 Å². The molecule has 0 aliphatic heterocycles. The minimum atomic E-state index is -0.926. The molecule has 0 unspecified atom stereocenters. The maximum atomic E-state index is 12.5. The molecule has 20 heavy (non-hydrogen) atoms.